The molecular formula is C22H22N6O2. The molecule has 0 radical (unpaired) electrons. The number of hydrogen-bond acceptors (Lipinski definition) is 7. The molecule has 0 bridgehead atoms. The molecule has 8 nitrogen and oxygen atoms in total. The SMILES string of the molecule is Cc1cc(NC(=O)OC(C)(C)C)ccc1Nc1nc(-c2cccnc2)ncc1C#N. The number of pyridine rings is 1. The fraction of sp³-hybridized carbons (Fsp3) is 0.227. The predicted octanol–water partition coefficient (Wildman–Crippen LogP) is 4.81. The van der Waals surface area contributed by atoms with Crippen molar-refractivity contribution in [3.8, 4) is 17.5 Å². The summed E-state index contributed by atoms with van der Waals surface area (Å²) in [6.45, 7) is 7.30. The lowest BCUT2D eigenvalue weighted by Gasteiger charge is -2.20. The average Bonchev–Trinajstić information content (AvgIpc) is 2.69. The third kappa shape index (κ3) is 5.29. The number of nitrogens with one attached hydrogen (secondary N) is 2. The molecule has 0 saturated carbocycles. The number of carbonyl (C=O) groups excluding carboxylic acids is 1. The zero-order chi connectivity index (χ0) is 21.7. The van der Waals surface area contributed by atoms with Crippen molar-refractivity contribution < 1.29 is 9.53 Å². The zero-order valence-corrected chi connectivity index (χ0v) is 17.2. The Morgan fingerprint density at radius 3 is 2.63 bits per heavy atom. The van der Waals surface area contributed by atoms with E-state index in [0.29, 0.717) is 22.9 Å². The van der Waals surface area contributed by atoms with E-state index in [9.17, 15) is 10.1 Å². The molecule has 2 N–H and O–H groups in total. The first-order valence-corrected chi connectivity index (χ1v) is 9.30. The lowest BCUT2D eigenvalue weighted by molar-refractivity contribution is 0.0636. The van der Waals surface area contributed by atoms with Gasteiger partial charge in [-0.3, -0.25) is 10.3 Å². The molecule has 1 aromatic carbocycles. The van der Waals surface area contributed by atoms with Gasteiger partial charge in [0.15, 0.2) is 11.6 Å². The molecule has 30 heavy (non-hydrogen) atoms. The molecular weight excluding hydrogens is 380 g/mol. The second kappa shape index (κ2) is 8.57. The Kier molecular flexibility index (Phi) is 5.93. The third-order valence-electron chi connectivity index (χ3n) is 3.95. The molecule has 0 aliphatic rings. The number of rotatable bonds is 4. The van der Waals surface area contributed by atoms with Crippen molar-refractivity contribution in [2.45, 2.75) is 33.3 Å². The van der Waals surface area contributed by atoms with Crippen molar-refractivity contribution in [1.29, 1.82) is 5.26 Å². The van der Waals surface area contributed by atoms with Gasteiger partial charge in [-0.05, 0) is 63.6 Å². The number of amides is 1. The highest BCUT2D eigenvalue weighted by molar-refractivity contribution is 5.85. The Morgan fingerprint density at radius 1 is 1.20 bits per heavy atom. The summed E-state index contributed by atoms with van der Waals surface area (Å²) in [5.41, 5.74) is 2.70. The number of nitriles is 1. The maximum atomic E-state index is 12.0. The Morgan fingerprint density at radius 2 is 2.00 bits per heavy atom. The van der Waals surface area contributed by atoms with E-state index < -0.39 is 11.7 Å². The van der Waals surface area contributed by atoms with E-state index in [1.54, 1.807) is 51.4 Å². The van der Waals surface area contributed by atoms with E-state index in [2.05, 4.69) is 31.7 Å². The van der Waals surface area contributed by atoms with Crippen LogP contribution in [-0.2, 0) is 4.74 Å². The van der Waals surface area contributed by atoms with Gasteiger partial charge in [0.1, 0.15) is 17.2 Å². The summed E-state index contributed by atoms with van der Waals surface area (Å²) in [4.78, 5) is 24.8. The van der Waals surface area contributed by atoms with Crippen LogP contribution in [0.4, 0.5) is 22.0 Å². The van der Waals surface area contributed by atoms with Crippen LogP contribution in [0.1, 0.15) is 31.9 Å². The highest BCUT2D eigenvalue weighted by Gasteiger charge is 2.16. The van der Waals surface area contributed by atoms with E-state index in [4.69, 9.17) is 4.74 Å². The molecule has 0 spiro atoms. The molecule has 0 aliphatic heterocycles. The normalized spacial score (nSPS) is 10.8. The summed E-state index contributed by atoms with van der Waals surface area (Å²) in [6.07, 6.45) is 4.29. The maximum absolute atomic E-state index is 12.0. The first-order valence-electron chi connectivity index (χ1n) is 9.30. The summed E-state index contributed by atoms with van der Waals surface area (Å²) >= 11 is 0. The Hall–Kier alpha value is -3.99. The standard InChI is InChI=1S/C22H22N6O2/c1-14-10-17(26-21(29)30-22(2,3)4)7-8-18(14)27-20-16(11-23)13-25-19(28-20)15-6-5-9-24-12-15/h5-10,12-13H,1-4H3,(H,26,29)(H,25,27,28). The van der Waals surface area contributed by atoms with E-state index >= 15 is 0 Å². The second-order valence-corrected chi connectivity index (χ2v) is 7.59. The predicted molar refractivity (Wildman–Crippen MR) is 114 cm³/mol. The summed E-state index contributed by atoms with van der Waals surface area (Å²) in [6, 6.07) is 11.1. The van der Waals surface area contributed by atoms with E-state index in [-0.39, 0.29) is 0 Å². The lowest BCUT2D eigenvalue weighted by Crippen LogP contribution is -2.27. The lowest BCUT2D eigenvalue weighted by atomic mass is 10.1. The first-order chi connectivity index (χ1) is 14.2. The van der Waals surface area contributed by atoms with Crippen LogP contribution < -0.4 is 10.6 Å². The number of aromatic nitrogens is 3. The van der Waals surface area contributed by atoms with Crippen molar-refractivity contribution in [3.05, 3.63) is 60.0 Å². The second-order valence-electron chi connectivity index (χ2n) is 7.59. The van der Waals surface area contributed by atoms with E-state index in [1.807, 2.05) is 19.1 Å². The minimum atomic E-state index is -0.576. The maximum Gasteiger partial charge on any atom is 0.412 e. The summed E-state index contributed by atoms with van der Waals surface area (Å²) in [5, 5.41) is 15.3. The fourth-order valence-electron chi connectivity index (χ4n) is 2.62. The number of anilines is 3. The van der Waals surface area contributed by atoms with E-state index in [0.717, 1.165) is 16.8 Å². The van der Waals surface area contributed by atoms with Gasteiger partial charge < -0.3 is 10.1 Å². The Bertz CT molecular complexity index is 1100. The van der Waals surface area contributed by atoms with Crippen LogP contribution in [0, 0.1) is 18.3 Å². The first kappa shape index (κ1) is 20.7. The van der Waals surface area contributed by atoms with Crippen LogP contribution in [0.3, 0.4) is 0 Å². The summed E-state index contributed by atoms with van der Waals surface area (Å²) < 4.78 is 5.27. The molecule has 0 atom stereocenters. The molecule has 0 saturated heterocycles. The van der Waals surface area contributed by atoms with Gasteiger partial charge in [0.05, 0.1) is 6.20 Å². The molecule has 8 heteroatoms. The molecule has 0 unspecified atom stereocenters. The summed E-state index contributed by atoms with van der Waals surface area (Å²) in [7, 11) is 0. The minimum absolute atomic E-state index is 0.318. The van der Waals surface area contributed by atoms with Gasteiger partial charge in [0.25, 0.3) is 0 Å². The van der Waals surface area contributed by atoms with Crippen molar-refractivity contribution in [1.82, 2.24) is 15.0 Å². The van der Waals surface area contributed by atoms with Gasteiger partial charge in [0, 0.05) is 29.3 Å². The molecule has 0 aliphatic carbocycles. The number of hydrogen-bond donors (Lipinski definition) is 2. The quantitative estimate of drug-likeness (QED) is 0.644. The largest absolute Gasteiger partial charge is 0.444 e. The number of carbonyl (C=O) groups is 1. The molecule has 0 fully saturated rings. The van der Waals surface area contributed by atoms with Crippen molar-refractivity contribution in [3.63, 3.8) is 0 Å². The Labute approximate surface area is 175 Å². The molecule has 152 valence electrons. The van der Waals surface area contributed by atoms with Gasteiger partial charge in [0.2, 0.25) is 0 Å². The van der Waals surface area contributed by atoms with Crippen molar-refractivity contribution in [2.24, 2.45) is 0 Å². The monoisotopic (exact) mass is 402 g/mol. The molecule has 1 amide bonds. The molecule has 2 heterocycles. The van der Waals surface area contributed by atoms with Crippen molar-refractivity contribution in [2.75, 3.05) is 10.6 Å². The van der Waals surface area contributed by atoms with Gasteiger partial charge in [-0.15, -0.1) is 0 Å². The number of nitrogens with zero attached hydrogens (tertiary/aromatic N) is 4. The number of ether oxygens (including phenoxy) is 1. The van der Waals surface area contributed by atoms with Crippen LogP contribution in [0.25, 0.3) is 11.4 Å². The van der Waals surface area contributed by atoms with Crippen LogP contribution in [0.15, 0.2) is 48.9 Å². The zero-order valence-electron chi connectivity index (χ0n) is 17.2. The smallest absolute Gasteiger partial charge is 0.412 e. The highest BCUT2D eigenvalue weighted by Crippen LogP contribution is 2.26. The topological polar surface area (TPSA) is 113 Å². The van der Waals surface area contributed by atoms with Gasteiger partial charge >= 0.3 is 6.09 Å². The average molecular weight is 402 g/mol. The van der Waals surface area contributed by atoms with Gasteiger partial charge in [-0.1, -0.05) is 0 Å². The minimum Gasteiger partial charge on any atom is -0.444 e. The molecule has 3 aromatic rings. The fourth-order valence-corrected chi connectivity index (χ4v) is 2.62. The van der Waals surface area contributed by atoms with Gasteiger partial charge in [-0.25, -0.2) is 14.8 Å². The van der Waals surface area contributed by atoms with Crippen molar-refractivity contribution >= 4 is 23.3 Å². The third-order valence-corrected chi connectivity index (χ3v) is 3.95. The summed E-state index contributed by atoms with van der Waals surface area (Å²) in [5.74, 6) is 0.854. The Balaban J connectivity index is 1.82. The highest BCUT2D eigenvalue weighted by atomic mass is 16.6. The number of benzene rings is 1. The van der Waals surface area contributed by atoms with Crippen LogP contribution in [-0.4, -0.2) is 26.6 Å². The van der Waals surface area contributed by atoms with E-state index in [1.165, 1.54) is 6.20 Å². The molecule has 3 rings (SSSR count). The van der Waals surface area contributed by atoms with Gasteiger partial charge in [-0.2, -0.15) is 5.26 Å². The van der Waals surface area contributed by atoms with Crippen LogP contribution >= 0.6 is 0 Å². The van der Waals surface area contributed by atoms with Crippen LogP contribution in [0.2, 0.25) is 0 Å². The van der Waals surface area contributed by atoms with Crippen LogP contribution in [0.5, 0.6) is 0 Å². The molecule has 2 aromatic heterocycles. The number of aryl methyl sites for hydroxylation is 1.